The van der Waals surface area contributed by atoms with Gasteiger partial charge < -0.3 is 19.6 Å². The highest BCUT2D eigenvalue weighted by Gasteiger charge is 2.23. The van der Waals surface area contributed by atoms with Crippen molar-refractivity contribution in [3.05, 3.63) is 51.2 Å². The number of nitrogens with zero attached hydrogens (tertiary/aromatic N) is 1. The molecule has 2 rings (SSSR count). The first-order valence-corrected chi connectivity index (χ1v) is 7.29. The highest BCUT2D eigenvalue weighted by molar-refractivity contribution is 6.33. The number of nitro groups is 1. The fraction of sp³-hybridized carbons (Fsp3) is 0.200. The summed E-state index contributed by atoms with van der Waals surface area (Å²) in [6, 6.07) is 5.38. The second kappa shape index (κ2) is 7.77. The van der Waals surface area contributed by atoms with E-state index in [0.717, 1.165) is 13.2 Å². The van der Waals surface area contributed by atoms with Crippen LogP contribution >= 0.6 is 11.6 Å². The van der Waals surface area contributed by atoms with Crippen LogP contribution in [0.5, 0.6) is 0 Å². The van der Waals surface area contributed by atoms with E-state index in [9.17, 15) is 19.7 Å². The Balaban J connectivity index is 2.21. The average Bonchev–Trinajstić information content (AvgIpc) is 3.08. The highest BCUT2D eigenvalue weighted by atomic mass is 35.5. The molecule has 1 atom stereocenters. The molecule has 0 fully saturated rings. The van der Waals surface area contributed by atoms with Crippen molar-refractivity contribution < 1.29 is 28.8 Å². The Morgan fingerprint density at radius 1 is 1.40 bits per heavy atom. The van der Waals surface area contributed by atoms with Crippen LogP contribution in [0.4, 0.5) is 5.69 Å². The first kappa shape index (κ1) is 18.4. The SMILES string of the molecule is COC(=O)[C@@H](CO)NC(=O)c1ccc(-c2ccc([N+](=O)[O-])cc2Cl)o1. The third kappa shape index (κ3) is 4.14. The summed E-state index contributed by atoms with van der Waals surface area (Å²) < 4.78 is 9.82. The van der Waals surface area contributed by atoms with Gasteiger partial charge in [0, 0.05) is 17.7 Å². The van der Waals surface area contributed by atoms with E-state index in [1.807, 2.05) is 0 Å². The largest absolute Gasteiger partial charge is 0.467 e. The van der Waals surface area contributed by atoms with Gasteiger partial charge in [0.15, 0.2) is 11.8 Å². The number of halogens is 1. The molecule has 1 aromatic carbocycles. The number of nitrogens with one attached hydrogen (secondary N) is 1. The van der Waals surface area contributed by atoms with Crippen LogP contribution in [0.15, 0.2) is 34.7 Å². The smallest absolute Gasteiger partial charge is 0.330 e. The van der Waals surface area contributed by atoms with Crippen molar-refractivity contribution in [2.24, 2.45) is 0 Å². The van der Waals surface area contributed by atoms with E-state index in [1.165, 1.54) is 24.3 Å². The summed E-state index contributed by atoms with van der Waals surface area (Å²) in [5.74, 6) is -1.47. The van der Waals surface area contributed by atoms with Crippen molar-refractivity contribution in [2.45, 2.75) is 6.04 Å². The van der Waals surface area contributed by atoms with Gasteiger partial charge in [-0.3, -0.25) is 14.9 Å². The number of aliphatic hydroxyl groups excluding tert-OH is 1. The molecule has 2 aromatic rings. The molecular weight excluding hydrogens is 356 g/mol. The molecule has 0 bridgehead atoms. The number of rotatable bonds is 6. The maximum absolute atomic E-state index is 12.1. The Morgan fingerprint density at radius 3 is 2.68 bits per heavy atom. The van der Waals surface area contributed by atoms with Crippen LogP contribution in [-0.2, 0) is 9.53 Å². The number of hydrogen-bond acceptors (Lipinski definition) is 7. The van der Waals surface area contributed by atoms with Gasteiger partial charge in [0.25, 0.3) is 11.6 Å². The molecule has 0 aliphatic carbocycles. The number of furan rings is 1. The summed E-state index contributed by atoms with van der Waals surface area (Å²) in [6.45, 7) is -0.639. The van der Waals surface area contributed by atoms with E-state index in [-0.39, 0.29) is 22.2 Å². The summed E-state index contributed by atoms with van der Waals surface area (Å²) in [5, 5.41) is 22.2. The molecule has 0 saturated heterocycles. The van der Waals surface area contributed by atoms with Crippen LogP contribution in [-0.4, -0.2) is 41.7 Å². The Bertz CT molecular complexity index is 818. The monoisotopic (exact) mass is 368 g/mol. The molecule has 0 spiro atoms. The molecule has 1 aromatic heterocycles. The van der Waals surface area contributed by atoms with E-state index in [4.69, 9.17) is 21.1 Å². The third-order valence-corrected chi connectivity index (χ3v) is 3.55. The number of methoxy groups -OCH3 is 1. The lowest BCUT2D eigenvalue weighted by Gasteiger charge is -2.12. The first-order chi connectivity index (χ1) is 11.9. The number of carbonyl (C=O) groups excluding carboxylic acids is 2. The van der Waals surface area contributed by atoms with Crippen LogP contribution in [0.3, 0.4) is 0 Å². The van der Waals surface area contributed by atoms with E-state index in [2.05, 4.69) is 10.1 Å². The lowest BCUT2D eigenvalue weighted by Crippen LogP contribution is -2.43. The molecular formula is C15H13ClN2O7. The predicted molar refractivity (Wildman–Crippen MR) is 86.2 cm³/mol. The lowest BCUT2D eigenvalue weighted by molar-refractivity contribution is -0.384. The van der Waals surface area contributed by atoms with Crippen LogP contribution in [0.25, 0.3) is 11.3 Å². The zero-order chi connectivity index (χ0) is 18.6. The molecule has 2 N–H and O–H groups in total. The molecule has 1 amide bonds. The minimum absolute atomic E-state index is 0.0818. The Labute approximate surface area is 146 Å². The highest BCUT2D eigenvalue weighted by Crippen LogP contribution is 2.32. The van der Waals surface area contributed by atoms with E-state index in [1.54, 1.807) is 0 Å². The third-order valence-electron chi connectivity index (χ3n) is 3.23. The molecule has 132 valence electrons. The Kier molecular flexibility index (Phi) is 5.73. The van der Waals surface area contributed by atoms with Crippen molar-refractivity contribution in [1.82, 2.24) is 5.32 Å². The van der Waals surface area contributed by atoms with Crippen molar-refractivity contribution in [3.8, 4) is 11.3 Å². The average molecular weight is 369 g/mol. The summed E-state index contributed by atoms with van der Waals surface area (Å²) in [5.41, 5.74) is 0.181. The van der Waals surface area contributed by atoms with Crippen LogP contribution in [0, 0.1) is 10.1 Å². The van der Waals surface area contributed by atoms with E-state index < -0.39 is 29.4 Å². The van der Waals surface area contributed by atoms with Gasteiger partial charge in [-0.2, -0.15) is 0 Å². The number of amides is 1. The quantitative estimate of drug-likeness (QED) is 0.451. The maximum Gasteiger partial charge on any atom is 0.330 e. The summed E-state index contributed by atoms with van der Waals surface area (Å²) in [7, 11) is 1.12. The summed E-state index contributed by atoms with van der Waals surface area (Å²) in [4.78, 5) is 33.6. The van der Waals surface area contributed by atoms with Gasteiger partial charge in [0.2, 0.25) is 0 Å². The standard InChI is InChI=1S/C15H13ClN2O7/c1-24-15(21)11(7-19)17-14(20)13-5-4-12(25-13)9-3-2-8(18(22)23)6-10(9)16/h2-6,11,19H,7H2,1H3,(H,17,20)/t11-/m1/s1. The topological polar surface area (TPSA) is 132 Å². The van der Waals surface area contributed by atoms with Crippen LogP contribution < -0.4 is 5.32 Å². The minimum Gasteiger partial charge on any atom is -0.467 e. The van der Waals surface area contributed by atoms with Gasteiger partial charge in [-0.05, 0) is 18.2 Å². The minimum atomic E-state index is -1.23. The zero-order valence-electron chi connectivity index (χ0n) is 12.9. The van der Waals surface area contributed by atoms with Crippen molar-refractivity contribution in [1.29, 1.82) is 0 Å². The van der Waals surface area contributed by atoms with Gasteiger partial charge in [0.1, 0.15) is 5.76 Å². The van der Waals surface area contributed by atoms with Gasteiger partial charge in [-0.15, -0.1) is 0 Å². The number of aliphatic hydroxyl groups is 1. The molecule has 0 aliphatic heterocycles. The number of benzene rings is 1. The lowest BCUT2D eigenvalue weighted by atomic mass is 10.1. The second-order valence-corrected chi connectivity index (χ2v) is 5.22. The predicted octanol–water partition coefficient (Wildman–Crippen LogP) is 1.77. The fourth-order valence-electron chi connectivity index (χ4n) is 1.97. The summed E-state index contributed by atoms with van der Waals surface area (Å²) >= 11 is 6.00. The number of hydrogen-bond donors (Lipinski definition) is 2. The number of carbonyl (C=O) groups is 2. The van der Waals surface area contributed by atoms with E-state index >= 15 is 0 Å². The molecule has 9 nitrogen and oxygen atoms in total. The molecule has 0 unspecified atom stereocenters. The van der Waals surface area contributed by atoms with Crippen LogP contribution in [0.1, 0.15) is 10.6 Å². The molecule has 0 aliphatic rings. The second-order valence-electron chi connectivity index (χ2n) is 4.82. The maximum atomic E-state index is 12.1. The molecule has 0 saturated carbocycles. The first-order valence-electron chi connectivity index (χ1n) is 6.91. The Morgan fingerprint density at radius 2 is 2.12 bits per heavy atom. The van der Waals surface area contributed by atoms with Gasteiger partial charge >= 0.3 is 5.97 Å². The molecule has 0 radical (unpaired) electrons. The fourth-order valence-corrected chi connectivity index (χ4v) is 2.24. The normalized spacial score (nSPS) is 11.6. The molecule has 10 heteroatoms. The van der Waals surface area contributed by atoms with Crippen molar-refractivity contribution >= 4 is 29.2 Å². The summed E-state index contributed by atoms with van der Waals surface area (Å²) in [6.07, 6.45) is 0. The van der Waals surface area contributed by atoms with E-state index in [0.29, 0.717) is 5.56 Å². The number of nitro benzene ring substituents is 1. The van der Waals surface area contributed by atoms with Gasteiger partial charge in [-0.1, -0.05) is 11.6 Å². The zero-order valence-corrected chi connectivity index (χ0v) is 13.6. The number of non-ortho nitro benzene ring substituents is 1. The van der Waals surface area contributed by atoms with Crippen molar-refractivity contribution in [2.75, 3.05) is 13.7 Å². The van der Waals surface area contributed by atoms with Crippen LogP contribution in [0.2, 0.25) is 5.02 Å². The number of esters is 1. The molecule has 25 heavy (non-hydrogen) atoms. The van der Waals surface area contributed by atoms with Gasteiger partial charge in [0.05, 0.1) is 23.7 Å². The number of ether oxygens (including phenoxy) is 1. The van der Waals surface area contributed by atoms with Crippen molar-refractivity contribution in [3.63, 3.8) is 0 Å². The Hall–Kier alpha value is -2.91. The molecule has 1 heterocycles. The van der Waals surface area contributed by atoms with Gasteiger partial charge in [-0.25, -0.2) is 4.79 Å².